The Balaban J connectivity index is 1.78. The van der Waals surface area contributed by atoms with Gasteiger partial charge in [-0.1, -0.05) is 25.8 Å². The Bertz CT molecular complexity index is 460. The summed E-state index contributed by atoms with van der Waals surface area (Å²) in [4.78, 5) is 17.3. The Labute approximate surface area is 115 Å². The lowest BCUT2D eigenvalue weighted by Crippen LogP contribution is -2.28. The van der Waals surface area contributed by atoms with E-state index in [-0.39, 0.29) is 5.92 Å². The molecule has 1 aromatic rings. The molecule has 0 saturated heterocycles. The van der Waals surface area contributed by atoms with E-state index in [1.807, 2.05) is 12.3 Å². The number of hydrogen-bond donors (Lipinski definition) is 0. The first-order valence-electron chi connectivity index (χ1n) is 7.73. The van der Waals surface area contributed by atoms with Gasteiger partial charge in [-0.2, -0.15) is 0 Å². The van der Waals surface area contributed by atoms with E-state index in [4.69, 9.17) is 0 Å². The van der Waals surface area contributed by atoms with Gasteiger partial charge in [-0.25, -0.2) is 0 Å². The van der Waals surface area contributed by atoms with E-state index in [0.717, 1.165) is 43.7 Å². The first-order valence-corrected chi connectivity index (χ1v) is 7.73. The number of nitrogens with zero attached hydrogens (tertiary/aromatic N) is 1. The van der Waals surface area contributed by atoms with Crippen molar-refractivity contribution in [3.8, 4) is 0 Å². The van der Waals surface area contributed by atoms with Crippen molar-refractivity contribution in [3.63, 3.8) is 0 Å². The molecule has 1 fully saturated rings. The highest BCUT2D eigenvalue weighted by Crippen LogP contribution is 2.37. The number of Topliss-reactive ketones (excluding diaryl/α,β-unsaturated/α-hetero) is 1. The average Bonchev–Trinajstić information content (AvgIpc) is 2.47. The zero-order chi connectivity index (χ0) is 13.2. The first-order chi connectivity index (χ1) is 9.25. The van der Waals surface area contributed by atoms with E-state index in [1.165, 1.54) is 18.4 Å². The van der Waals surface area contributed by atoms with Crippen LogP contribution < -0.4 is 0 Å². The molecular weight excluding hydrogens is 234 g/mol. The molecule has 19 heavy (non-hydrogen) atoms. The maximum atomic E-state index is 12.8. The van der Waals surface area contributed by atoms with Gasteiger partial charge >= 0.3 is 0 Å². The second-order valence-electron chi connectivity index (χ2n) is 6.35. The van der Waals surface area contributed by atoms with E-state index >= 15 is 0 Å². The van der Waals surface area contributed by atoms with Crippen LogP contribution >= 0.6 is 0 Å². The third-order valence-corrected chi connectivity index (χ3v) is 4.96. The molecule has 0 aromatic carbocycles. The van der Waals surface area contributed by atoms with Gasteiger partial charge < -0.3 is 0 Å². The van der Waals surface area contributed by atoms with Gasteiger partial charge in [0, 0.05) is 12.1 Å². The van der Waals surface area contributed by atoms with Crippen LogP contribution in [0.25, 0.3) is 0 Å². The van der Waals surface area contributed by atoms with Crippen molar-refractivity contribution in [2.75, 3.05) is 0 Å². The largest absolute Gasteiger partial charge is 0.299 e. The number of aromatic nitrogens is 1. The van der Waals surface area contributed by atoms with Gasteiger partial charge in [-0.15, -0.1) is 0 Å². The van der Waals surface area contributed by atoms with Crippen LogP contribution in [0.4, 0.5) is 0 Å². The molecule has 0 radical (unpaired) electrons. The summed E-state index contributed by atoms with van der Waals surface area (Å²) in [5.74, 6) is 1.67. The molecule has 1 atom stereocenters. The lowest BCUT2D eigenvalue weighted by molar-refractivity contribution is -0.125. The molecule has 3 rings (SSSR count). The highest BCUT2D eigenvalue weighted by Gasteiger charge is 2.33. The van der Waals surface area contributed by atoms with Crippen molar-refractivity contribution in [1.29, 1.82) is 0 Å². The number of rotatable bonds is 2. The average molecular weight is 257 g/mol. The smallest absolute Gasteiger partial charge is 0.144 e. The molecule has 2 heteroatoms. The molecule has 2 aliphatic carbocycles. The first kappa shape index (κ1) is 12.8. The SMILES string of the molecule is CC1CCC(C(=O)C2CCCc3cccnc32)CC1. The Morgan fingerprint density at radius 1 is 1.21 bits per heavy atom. The van der Waals surface area contributed by atoms with Crippen LogP contribution in [0, 0.1) is 11.8 Å². The zero-order valence-electron chi connectivity index (χ0n) is 11.8. The summed E-state index contributed by atoms with van der Waals surface area (Å²) in [6, 6.07) is 4.14. The Hall–Kier alpha value is -1.18. The molecule has 1 heterocycles. The van der Waals surface area contributed by atoms with E-state index < -0.39 is 0 Å². The predicted molar refractivity (Wildman–Crippen MR) is 76.0 cm³/mol. The summed E-state index contributed by atoms with van der Waals surface area (Å²) in [7, 11) is 0. The van der Waals surface area contributed by atoms with Crippen molar-refractivity contribution in [3.05, 3.63) is 29.6 Å². The van der Waals surface area contributed by atoms with E-state index in [1.54, 1.807) is 0 Å². The minimum absolute atomic E-state index is 0.0864. The van der Waals surface area contributed by atoms with E-state index in [2.05, 4.69) is 18.0 Å². The molecule has 0 aliphatic heterocycles. The molecule has 2 aliphatic rings. The van der Waals surface area contributed by atoms with Crippen molar-refractivity contribution in [1.82, 2.24) is 4.98 Å². The number of carbonyl (C=O) groups excluding carboxylic acids is 1. The Morgan fingerprint density at radius 2 is 2.00 bits per heavy atom. The van der Waals surface area contributed by atoms with Crippen LogP contribution in [0.1, 0.15) is 62.6 Å². The number of pyridine rings is 1. The van der Waals surface area contributed by atoms with Gasteiger partial charge in [0.25, 0.3) is 0 Å². The number of carbonyl (C=O) groups is 1. The summed E-state index contributed by atoms with van der Waals surface area (Å²) in [6.07, 6.45) is 9.71. The van der Waals surface area contributed by atoms with Gasteiger partial charge in [-0.3, -0.25) is 9.78 Å². The van der Waals surface area contributed by atoms with E-state index in [9.17, 15) is 4.79 Å². The molecule has 2 nitrogen and oxygen atoms in total. The number of fused-ring (bicyclic) bond motifs is 1. The molecule has 0 N–H and O–H groups in total. The number of hydrogen-bond acceptors (Lipinski definition) is 2. The lowest BCUT2D eigenvalue weighted by atomic mass is 9.74. The maximum absolute atomic E-state index is 12.8. The van der Waals surface area contributed by atoms with Crippen molar-refractivity contribution < 1.29 is 4.79 Å². The van der Waals surface area contributed by atoms with Gasteiger partial charge in [0.05, 0.1) is 11.6 Å². The minimum Gasteiger partial charge on any atom is -0.299 e. The van der Waals surface area contributed by atoms with Gasteiger partial charge in [0.2, 0.25) is 0 Å². The molecular formula is C17H23NO. The fourth-order valence-corrected chi connectivity index (χ4v) is 3.72. The fraction of sp³-hybridized carbons (Fsp3) is 0.647. The molecule has 1 aromatic heterocycles. The van der Waals surface area contributed by atoms with Crippen molar-refractivity contribution in [2.45, 2.75) is 57.8 Å². The number of aryl methyl sites for hydroxylation is 1. The van der Waals surface area contributed by atoms with Crippen LogP contribution in [-0.2, 0) is 11.2 Å². The predicted octanol–water partition coefficient (Wildman–Crippen LogP) is 3.90. The summed E-state index contributed by atoms with van der Waals surface area (Å²) in [6.45, 7) is 2.30. The molecule has 0 bridgehead atoms. The summed E-state index contributed by atoms with van der Waals surface area (Å²) < 4.78 is 0. The van der Waals surface area contributed by atoms with Crippen molar-refractivity contribution >= 4 is 5.78 Å². The van der Waals surface area contributed by atoms with Crippen LogP contribution in [0.15, 0.2) is 18.3 Å². The quantitative estimate of drug-likeness (QED) is 0.804. The fourth-order valence-electron chi connectivity index (χ4n) is 3.72. The molecule has 0 amide bonds. The Kier molecular flexibility index (Phi) is 3.67. The van der Waals surface area contributed by atoms with Gasteiger partial charge in [0.1, 0.15) is 5.78 Å². The highest BCUT2D eigenvalue weighted by atomic mass is 16.1. The third kappa shape index (κ3) is 2.58. The molecule has 1 saturated carbocycles. The molecule has 1 unspecified atom stereocenters. The molecule has 102 valence electrons. The zero-order valence-corrected chi connectivity index (χ0v) is 11.8. The van der Waals surface area contributed by atoms with Crippen LogP contribution in [0.5, 0.6) is 0 Å². The third-order valence-electron chi connectivity index (χ3n) is 4.96. The second-order valence-corrected chi connectivity index (χ2v) is 6.35. The maximum Gasteiger partial charge on any atom is 0.144 e. The lowest BCUT2D eigenvalue weighted by Gasteiger charge is -2.30. The number of ketones is 1. The second kappa shape index (κ2) is 5.44. The monoisotopic (exact) mass is 257 g/mol. The molecule has 0 spiro atoms. The summed E-state index contributed by atoms with van der Waals surface area (Å²) in [5.41, 5.74) is 2.38. The van der Waals surface area contributed by atoms with Crippen molar-refractivity contribution in [2.24, 2.45) is 11.8 Å². The van der Waals surface area contributed by atoms with Crippen LogP contribution in [0.3, 0.4) is 0 Å². The summed E-state index contributed by atoms with van der Waals surface area (Å²) >= 11 is 0. The normalized spacial score (nSPS) is 30.7. The van der Waals surface area contributed by atoms with Crippen LogP contribution in [0.2, 0.25) is 0 Å². The summed E-state index contributed by atoms with van der Waals surface area (Å²) in [5, 5.41) is 0. The van der Waals surface area contributed by atoms with Gasteiger partial charge in [-0.05, 0) is 49.7 Å². The topological polar surface area (TPSA) is 30.0 Å². The minimum atomic E-state index is 0.0864. The highest BCUT2D eigenvalue weighted by molar-refractivity contribution is 5.88. The van der Waals surface area contributed by atoms with E-state index in [0.29, 0.717) is 11.7 Å². The van der Waals surface area contributed by atoms with Crippen LogP contribution in [-0.4, -0.2) is 10.8 Å². The Morgan fingerprint density at radius 3 is 2.79 bits per heavy atom. The van der Waals surface area contributed by atoms with Gasteiger partial charge in [0.15, 0.2) is 0 Å². The standard InChI is InChI=1S/C17H23NO/c1-12-7-9-14(10-8-12)17(19)15-6-2-4-13-5-3-11-18-16(13)15/h3,5,11-12,14-15H,2,4,6-10H2,1H3.